The van der Waals surface area contributed by atoms with E-state index in [9.17, 15) is 9.59 Å². The van der Waals surface area contributed by atoms with Gasteiger partial charge in [0.2, 0.25) is 5.91 Å². The first kappa shape index (κ1) is 20.6. The van der Waals surface area contributed by atoms with E-state index in [-0.39, 0.29) is 11.5 Å². The van der Waals surface area contributed by atoms with Crippen molar-refractivity contribution in [2.45, 2.75) is 13.0 Å². The van der Waals surface area contributed by atoms with Crippen molar-refractivity contribution in [3.8, 4) is 17.0 Å². The van der Waals surface area contributed by atoms with Gasteiger partial charge in [0.15, 0.2) is 0 Å². The summed E-state index contributed by atoms with van der Waals surface area (Å²) in [6, 6.07) is 14.0. The van der Waals surface area contributed by atoms with E-state index in [0.717, 1.165) is 30.1 Å². The van der Waals surface area contributed by atoms with Crippen molar-refractivity contribution in [1.82, 2.24) is 19.7 Å². The normalized spacial score (nSPS) is 14.9. The van der Waals surface area contributed by atoms with Gasteiger partial charge in [0.1, 0.15) is 11.8 Å². The Morgan fingerprint density at radius 1 is 0.968 bits per heavy atom. The molecule has 0 radical (unpaired) electrons. The monoisotopic (exact) mass is 419 g/mol. The van der Waals surface area contributed by atoms with Crippen LogP contribution in [0.25, 0.3) is 11.3 Å². The first-order chi connectivity index (χ1) is 15.1. The van der Waals surface area contributed by atoms with E-state index in [1.54, 1.807) is 37.4 Å². The average molecular weight is 419 g/mol. The Morgan fingerprint density at radius 2 is 1.65 bits per heavy atom. The van der Waals surface area contributed by atoms with Crippen molar-refractivity contribution in [3.05, 3.63) is 71.3 Å². The highest BCUT2D eigenvalue weighted by Gasteiger charge is 2.27. The highest BCUT2D eigenvalue weighted by atomic mass is 16.5. The second-order valence-electron chi connectivity index (χ2n) is 7.42. The zero-order valence-electron chi connectivity index (χ0n) is 17.6. The second-order valence-corrected chi connectivity index (χ2v) is 7.42. The van der Waals surface area contributed by atoms with Crippen LogP contribution in [0.1, 0.15) is 13.0 Å². The van der Waals surface area contributed by atoms with Crippen molar-refractivity contribution < 1.29 is 9.53 Å². The number of carbonyl (C=O) groups excluding carboxylic acids is 1. The molecule has 4 rings (SSSR count). The van der Waals surface area contributed by atoms with Crippen LogP contribution in [0.2, 0.25) is 0 Å². The summed E-state index contributed by atoms with van der Waals surface area (Å²) in [5.41, 5.74) is 2.28. The van der Waals surface area contributed by atoms with Gasteiger partial charge in [0.25, 0.3) is 5.56 Å². The summed E-state index contributed by atoms with van der Waals surface area (Å²) in [7, 11) is 1.65. The highest BCUT2D eigenvalue weighted by Crippen LogP contribution is 2.21. The maximum absolute atomic E-state index is 13.1. The Morgan fingerprint density at radius 3 is 2.29 bits per heavy atom. The topological polar surface area (TPSA) is 80.6 Å². The van der Waals surface area contributed by atoms with Gasteiger partial charge >= 0.3 is 0 Å². The summed E-state index contributed by atoms with van der Waals surface area (Å²) in [4.78, 5) is 33.6. The number of benzene rings is 1. The lowest BCUT2D eigenvalue weighted by Crippen LogP contribution is -2.51. The zero-order valence-corrected chi connectivity index (χ0v) is 17.6. The van der Waals surface area contributed by atoms with Gasteiger partial charge in [0, 0.05) is 55.9 Å². The first-order valence-electron chi connectivity index (χ1n) is 10.2. The summed E-state index contributed by atoms with van der Waals surface area (Å²) >= 11 is 0. The molecule has 8 heteroatoms. The molecule has 1 aromatic carbocycles. The Hall–Kier alpha value is -3.68. The molecule has 3 heterocycles. The Kier molecular flexibility index (Phi) is 5.97. The van der Waals surface area contributed by atoms with Crippen LogP contribution in [0.4, 0.5) is 5.69 Å². The smallest absolute Gasteiger partial charge is 0.267 e. The molecule has 1 unspecified atom stereocenters. The molecule has 0 N–H and O–H groups in total. The van der Waals surface area contributed by atoms with Gasteiger partial charge in [-0.25, -0.2) is 4.68 Å². The number of anilines is 1. The summed E-state index contributed by atoms with van der Waals surface area (Å²) in [5.74, 6) is 0.717. The van der Waals surface area contributed by atoms with Crippen LogP contribution in [0.3, 0.4) is 0 Å². The molecule has 8 nitrogen and oxygen atoms in total. The fraction of sp³-hybridized carbons (Fsp3) is 0.304. The van der Waals surface area contributed by atoms with E-state index < -0.39 is 6.04 Å². The van der Waals surface area contributed by atoms with E-state index in [2.05, 4.69) is 15.0 Å². The SMILES string of the molecule is COc1ccc(N2CCN(C(=O)C(C)n3nc(-c4ccncc4)ccc3=O)CC2)cc1. The molecule has 3 aromatic rings. The Bertz CT molecular complexity index is 1090. The van der Waals surface area contributed by atoms with Gasteiger partial charge in [-0.2, -0.15) is 5.10 Å². The fourth-order valence-corrected chi connectivity index (χ4v) is 3.73. The van der Waals surface area contributed by atoms with Gasteiger partial charge in [-0.1, -0.05) is 0 Å². The summed E-state index contributed by atoms with van der Waals surface area (Å²) in [5, 5.41) is 4.44. The number of aromatic nitrogens is 3. The number of methoxy groups -OCH3 is 1. The quantitative estimate of drug-likeness (QED) is 0.631. The number of carbonyl (C=O) groups is 1. The number of piperazine rings is 1. The minimum Gasteiger partial charge on any atom is -0.497 e. The molecule has 0 aliphatic carbocycles. The summed E-state index contributed by atoms with van der Waals surface area (Å²) in [6.45, 7) is 4.36. The largest absolute Gasteiger partial charge is 0.497 e. The van der Waals surface area contributed by atoms with Crippen molar-refractivity contribution in [2.24, 2.45) is 0 Å². The Labute approximate surface area is 180 Å². The molecule has 160 valence electrons. The van der Waals surface area contributed by atoms with Crippen molar-refractivity contribution in [2.75, 3.05) is 38.2 Å². The van der Waals surface area contributed by atoms with Crippen molar-refractivity contribution >= 4 is 11.6 Å². The molecule has 0 spiro atoms. The third-order valence-electron chi connectivity index (χ3n) is 5.55. The molecular formula is C23H25N5O3. The molecule has 1 aliphatic heterocycles. The number of amides is 1. The zero-order chi connectivity index (χ0) is 21.8. The molecule has 1 saturated heterocycles. The number of hydrogen-bond acceptors (Lipinski definition) is 6. The molecule has 31 heavy (non-hydrogen) atoms. The van der Waals surface area contributed by atoms with E-state index in [0.29, 0.717) is 18.8 Å². The number of hydrogen-bond donors (Lipinski definition) is 0. The highest BCUT2D eigenvalue weighted by molar-refractivity contribution is 5.80. The average Bonchev–Trinajstić information content (AvgIpc) is 2.84. The first-order valence-corrected chi connectivity index (χ1v) is 10.2. The van der Waals surface area contributed by atoms with Crippen LogP contribution in [-0.2, 0) is 4.79 Å². The lowest BCUT2D eigenvalue weighted by molar-refractivity contribution is -0.135. The van der Waals surface area contributed by atoms with Crippen LogP contribution in [0.15, 0.2) is 65.7 Å². The maximum Gasteiger partial charge on any atom is 0.267 e. The standard InChI is InChI=1S/C23H25N5O3/c1-17(28-22(29)8-7-21(25-28)18-9-11-24-12-10-18)23(30)27-15-13-26(14-16-27)19-3-5-20(31-2)6-4-19/h3-12,17H,13-16H2,1-2H3. The minimum atomic E-state index is -0.679. The number of pyridine rings is 1. The van der Waals surface area contributed by atoms with E-state index in [4.69, 9.17) is 4.74 Å². The predicted molar refractivity (Wildman–Crippen MR) is 118 cm³/mol. The van der Waals surface area contributed by atoms with Gasteiger partial charge < -0.3 is 14.5 Å². The van der Waals surface area contributed by atoms with Crippen LogP contribution < -0.4 is 15.2 Å². The van der Waals surface area contributed by atoms with Gasteiger partial charge in [-0.15, -0.1) is 0 Å². The summed E-state index contributed by atoms with van der Waals surface area (Å²) in [6.07, 6.45) is 3.34. The van der Waals surface area contributed by atoms with Crippen LogP contribution in [0.5, 0.6) is 5.75 Å². The van der Waals surface area contributed by atoms with E-state index in [1.165, 1.54) is 10.7 Å². The number of rotatable bonds is 5. The second kappa shape index (κ2) is 8.99. The van der Waals surface area contributed by atoms with E-state index >= 15 is 0 Å². The molecule has 1 atom stereocenters. The molecule has 0 bridgehead atoms. The van der Waals surface area contributed by atoms with Gasteiger partial charge in [-0.05, 0) is 49.4 Å². The summed E-state index contributed by atoms with van der Waals surface area (Å²) < 4.78 is 6.48. The van der Waals surface area contributed by atoms with E-state index in [1.807, 2.05) is 36.4 Å². The Balaban J connectivity index is 1.45. The van der Waals surface area contributed by atoms with Gasteiger partial charge in [0.05, 0.1) is 12.8 Å². The lowest BCUT2D eigenvalue weighted by atomic mass is 10.2. The van der Waals surface area contributed by atoms with Crippen LogP contribution >= 0.6 is 0 Å². The maximum atomic E-state index is 13.1. The van der Waals surface area contributed by atoms with Crippen LogP contribution in [-0.4, -0.2) is 58.9 Å². The van der Waals surface area contributed by atoms with Crippen molar-refractivity contribution in [1.29, 1.82) is 0 Å². The molecule has 1 amide bonds. The fourth-order valence-electron chi connectivity index (χ4n) is 3.73. The van der Waals surface area contributed by atoms with Gasteiger partial charge in [-0.3, -0.25) is 14.6 Å². The van der Waals surface area contributed by atoms with Crippen LogP contribution in [0, 0.1) is 0 Å². The third kappa shape index (κ3) is 4.42. The third-order valence-corrected chi connectivity index (χ3v) is 5.55. The molecule has 2 aromatic heterocycles. The molecular weight excluding hydrogens is 394 g/mol. The minimum absolute atomic E-state index is 0.101. The molecule has 1 aliphatic rings. The molecule has 0 saturated carbocycles. The predicted octanol–water partition coefficient (Wildman–Crippen LogP) is 2.22. The number of ether oxygens (including phenoxy) is 1. The number of nitrogens with zero attached hydrogens (tertiary/aromatic N) is 5. The molecule has 1 fully saturated rings. The lowest BCUT2D eigenvalue weighted by Gasteiger charge is -2.37. The van der Waals surface area contributed by atoms with Crippen molar-refractivity contribution in [3.63, 3.8) is 0 Å².